The van der Waals surface area contributed by atoms with Crippen molar-refractivity contribution in [3.63, 3.8) is 0 Å². The van der Waals surface area contributed by atoms with E-state index in [-0.39, 0.29) is 29.0 Å². The maximum absolute atomic E-state index is 13.6. The van der Waals surface area contributed by atoms with Crippen LogP contribution in [0.15, 0.2) is 51.9 Å². The summed E-state index contributed by atoms with van der Waals surface area (Å²) in [6, 6.07) is 7.53. The summed E-state index contributed by atoms with van der Waals surface area (Å²) >= 11 is 0. The van der Waals surface area contributed by atoms with Crippen LogP contribution < -0.4 is 5.56 Å². The van der Waals surface area contributed by atoms with Gasteiger partial charge in [-0.25, -0.2) is 4.39 Å². The van der Waals surface area contributed by atoms with Crippen LogP contribution in [0.5, 0.6) is 5.88 Å². The van der Waals surface area contributed by atoms with Crippen LogP contribution in [0.2, 0.25) is 0 Å². The first-order valence-corrected chi connectivity index (χ1v) is 6.64. The van der Waals surface area contributed by atoms with Crippen molar-refractivity contribution < 1.29 is 9.50 Å². The molecule has 7 heteroatoms. The molecule has 0 bridgehead atoms. The van der Waals surface area contributed by atoms with Gasteiger partial charge >= 0.3 is 0 Å². The summed E-state index contributed by atoms with van der Waals surface area (Å²) in [6.07, 6.45) is 1.40. The molecular formula is C16H13FN4O2. The molecule has 0 spiro atoms. The SMILES string of the molecule is C=CCn1c(O)c(C#N)c(C)c(N=Nc2ccccc2F)c1=O. The monoisotopic (exact) mass is 312 g/mol. The number of halogens is 1. The zero-order valence-corrected chi connectivity index (χ0v) is 12.3. The minimum absolute atomic E-state index is 0.00183. The normalized spacial score (nSPS) is 10.7. The largest absolute Gasteiger partial charge is 0.493 e. The van der Waals surface area contributed by atoms with E-state index in [0.29, 0.717) is 0 Å². The molecular weight excluding hydrogens is 299 g/mol. The van der Waals surface area contributed by atoms with E-state index in [1.165, 1.54) is 31.2 Å². The van der Waals surface area contributed by atoms with E-state index in [0.717, 1.165) is 4.57 Å². The van der Waals surface area contributed by atoms with Gasteiger partial charge in [0.05, 0.1) is 0 Å². The molecule has 0 aliphatic heterocycles. The molecule has 1 aromatic carbocycles. The summed E-state index contributed by atoms with van der Waals surface area (Å²) < 4.78 is 14.5. The van der Waals surface area contributed by atoms with Crippen LogP contribution in [0.1, 0.15) is 11.1 Å². The van der Waals surface area contributed by atoms with Gasteiger partial charge in [0.2, 0.25) is 5.88 Å². The van der Waals surface area contributed by atoms with E-state index in [9.17, 15) is 14.3 Å². The van der Waals surface area contributed by atoms with Crippen molar-refractivity contribution in [2.45, 2.75) is 13.5 Å². The number of nitrogens with zero attached hydrogens (tertiary/aromatic N) is 4. The third-order valence-electron chi connectivity index (χ3n) is 3.19. The Labute approximate surface area is 131 Å². The number of aromatic hydroxyl groups is 1. The number of pyridine rings is 1. The number of azo groups is 1. The number of nitriles is 1. The molecule has 0 fully saturated rings. The van der Waals surface area contributed by atoms with E-state index in [2.05, 4.69) is 16.8 Å². The highest BCUT2D eigenvalue weighted by Crippen LogP contribution is 2.27. The molecule has 0 atom stereocenters. The predicted octanol–water partition coefficient (Wildman–Crippen LogP) is 3.47. The zero-order valence-electron chi connectivity index (χ0n) is 12.3. The zero-order chi connectivity index (χ0) is 17.0. The molecule has 1 aromatic heterocycles. The van der Waals surface area contributed by atoms with E-state index < -0.39 is 17.3 Å². The summed E-state index contributed by atoms with van der Waals surface area (Å²) in [5, 5.41) is 26.7. The predicted molar refractivity (Wildman–Crippen MR) is 82.6 cm³/mol. The summed E-state index contributed by atoms with van der Waals surface area (Å²) in [5.74, 6) is -1.04. The van der Waals surface area contributed by atoms with Crippen molar-refractivity contribution in [3.05, 3.63) is 64.2 Å². The van der Waals surface area contributed by atoms with Crippen molar-refractivity contribution in [3.8, 4) is 11.9 Å². The van der Waals surface area contributed by atoms with Crippen LogP contribution in [0.25, 0.3) is 0 Å². The van der Waals surface area contributed by atoms with Crippen LogP contribution in [0.3, 0.4) is 0 Å². The summed E-state index contributed by atoms with van der Waals surface area (Å²) in [6.45, 7) is 4.96. The van der Waals surface area contributed by atoms with Crippen LogP contribution in [0, 0.1) is 24.1 Å². The van der Waals surface area contributed by atoms with Crippen molar-refractivity contribution in [1.29, 1.82) is 5.26 Å². The lowest BCUT2D eigenvalue weighted by atomic mass is 10.1. The molecule has 2 aromatic rings. The van der Waals surface area contributed by atoms with Gasteiger partial charge in [-0.2, -0.15) is 5.26 Å². The fourth-order valence-electron chi connectivity index (χ4n) is 1.99. The molecule has 0 amide bonds. The molecule has 0 unspecified atom stereocenters. The Hall–Kier alpha value is -3.27. The molecule has 0 radical (unpaired) electrons. The molecule has 0 aliphatic rings. The Morgan fingerprint density at radius 3 is 2.74 bits per heavy atom. The number of aromatic nitrogens is 1. The van der Waals surface area contributed by atoms with Gasteiger partial charge in [0, 0.05) is 12.1 Å². The van der Waals surface area contributed by atoms with E-state index >= 15 is 0 Å². The average Bonchev–Trinajstić information content (AvgIpc) is 2.53. The number of benzene rings is 1. The molecule has 23 heavy (non-hydrogen) atoms. The summed E-state index contributed by atoms with van der Waals surface area (Å²) in [7, 11) is 0. The standard InChI is InChI=1S/C16H13FN4O2/c1-3-8-21-15(22)11(9-18)10(2)14(16(21)23)20-19-13-7-5-4-6-12(13)17/h3-7,22H,1,8H2,2H3. The highest BCUT2D eigenvalue weighted by molar-refractivity contribution is 5.56. The average molecular weight is 312 g/mol. The Bertz CT molecular complexity index is 894. The summed E-state index contributed by atoms with van der Waals surface area (Å²) in [5.41, 5.74) is -0.721. The number of allylic oxidation sites excluding steroid dienone is 1. The summed E-state index contributed by atoms with van der Waals surface area (Å²) in [4.78, 5) is 12.4. The Kier molecular flexibility index (Phi) is 4.66. The highest BCUT2D eigenvalue weighted by atomic mass is 19.1. The minimum Gasteiger partial charge on any atom is -0.493 e. The molecule has 116 valence electrons. The smallest absolute Gasteiger partial charge is 0.281 e. The van der Waals surface area contributed by atoms with E-state index in [1.54, 1.807) is 6.07 Å². The molecule has 0 saturated heterocycles. The third kappa shape index (κ3) is 3.01. The first-order chi connectivity index (χ1) is 11.0. The van der Waals surface area contributed by atoms with Gasteiger partial charge in [-0.05, 0) is 19.1 Å². The van der Waals surface area contributed by atoms with Gasteiger partial charge < -0.3 is 5.11 Å². The Balaban J connectivity index is 2.65. The molecule has 1 N–H and O–H groups in total. The van der Waals surface area contributed by atoms with Gasteiger partial charge in [-0.15, -0.1) is 16.8 Å². The minimum atomic E-state index is -0.640. The molecule has 0 saturated carbocycles. The lowest BCUT2D eigenvalue weighted by Gasteiger charge is -2.11. The number of rotatable bonds is 4. The maximum atomic E-state index is 13.6. The maximum Gasteiger partial charge on any atom is 0.281 e. The molecule has 1 heterocycles. The molecule has 2 rings (SSSR count). The van der Waals surface area contributed by atoms with Gasteiger partial charge in [0.15, 0.2) is 11.5 Å². The Morgan fingerprint density at radius 1 is 1.43 bits per heavy atom. The van der Waals surface area contributed by atoms with Crippen molar-refractivity contribution in [2.24, 2.45) is 10.2 Å². The second-order valence-electron chi connectivity index (χ2n) is 4.64. The van der Waals surface area contributed by atoms with Crippen molar-refractivity contribution in [1.82, 2.24) is 4.57 Å². The van der Waals surface area contributed by atoms with E-state index in [1.807, 2.05) is 6.07 Å². The fraction of sp³-hybridized carbons (Fsp3) is 0.125. The second kappa shape index (κ2) is 6.66. The molecule has 0 aliphatic carbocycles. The van der Waals surface area contributed by atoms with Crippen LogP contribution in [-0.4, -0.2) is 9.67 Å². The topological polar surface area (TPSA) is 90.7 Å². The number of hydrogen-bond acceptors (Lipinski definition) is 5. The molecule has 6 nitrogen and oxygen atoms in total. The fourth-order valence-corrected chi connectivity index (χ4v) is 1.99. The van der Waals surface area contributed by atoms with Gasteiger partial charge in [-0.1, -0.05) is 18.2 Å². The van der Waals surface area contributed by atoms with Crippen LogP contribution >= 0.6 is 0 Å². The highest BCUT2D eigenvalue weighted by Gasteiger charge is 2.18. The van der Waals surface area contributed by atoms with Crippen LogP contribution in [-0.2, 0) is 6.54 Å². The van der Waals surface area contributed by atoms with Gasteiger partial charge in [0.1, 0.15) is 17.3 Å². The van der Waals surface area contributed by atoms with Gasteiger partial charge in [0.25, 0.3) is 5.56 Å². The quantitative estimate of drug-likeness (QED) is 0.692. The third-order valence-corrected chi connectivity index (χ3v) is 3.19. The first kappa shape index (κ1) is 16.1. The van der Waals surface area contributed by atoms with Crippen LogP contribution in [0.4, 0.5) is 15.8 Å². The van der Waals surface area contributed by atoms with Crippen molar-refractivity contribution >= 4 is 11.4 Å². The number of hydrogen-bond donors (Lipinski definition) is 1. The first-order valence-electron chi connectivity index (χ1n) is 6.64. The lowest BCUT2D eigenvalue weighted by Crippen LogP contribution is -2.21. The second-order valence-corrected chi connectivity index (χ2v) is 4.64. The van der Waals surface area contributed by atoms with E-state index in [4.69, 9.17) is 5.26 Å². The van der Waals surface area contributed by atoms with Crippen molar-refractivity contribution in [2.75, 3.05) is 0 Å². The lowest BCUT2D eigenvalue weighted by molar-refractivity contribution is 0.414. The van der Waals surface area contributed by atoms with Gasteiger partial charge in [-0.3, -0.25) is 9.36 Å². The Morgan fingerprint density at radius 2 is 2.13 bits per heavy atom.